The largest absolute Gasteiger partial charge is 0.477 e. The maximum absolute atomic E-state index is 11.3. The van der Waals surface area contributed by atoms with Crippen LogP contribution >= 0.6 is 0 Å². The van der Waals surface area contributed by atoms with Gasteiger partial charge in [0.15, 0.2) is 0 Å². The molecule has 2 aromatic heterocycles. The van der Waals surface area contributed by atoms with Crippen LogP contribution in [0.5, 0.6) is 0 Å². The highest BCUT2D eigenvalue weighted by atomic mass is 16.4. The van der Waals surface area contributed by atoms with Crippen LogP contribution in [0.4, 0.5) is 5.82 Å². The number of carboxylic acids is 1. The van der Waals surface area contributed by atoms with Gasteiger partial charge in [0, 0.05) is 13.2 Å². The van der Waals surface area contributed by atoms with E-state index in [4.69, 9.17) is 0 Å². The number of nitrogens with zero attached hydrogens (tertiary/aromatic N) is 3. The van der Waals surface area contributed by atoms with Crippen LogP contribution in [0.2, 0.25) is 0 Å². The first-order chi connectivity index (χ1) is 9.00. The number of rotatable bonds is 4. The molecule has 2 heterocycles. The summed E-state index contributed by atoms with van der Waals surface area (Å²) in [6, 6.07) is 5.52. The molecule has 0 bridgehead atoms. The first-order valence-corrected chi connectivity index (χ1v) is 5.95. The smallest absolute Gasteiger partial charge is 0.341 e. The van der Waals surface area contributed by atoms with Gasteiger partial charge in [-0.15, -0.1) is 0 Å². The lowest BCUT2D eigenvalue weighted by atomic mass is 10.2. The zero-order valence-corrected chi connectivity index (χ0v) is 11.1. The number of nitrogens with one attached hydrogen (secondary N) is 1. The molecule has 19 heavy (non-hydrogen) atoms. The van der Waals surface area contributed by atoms with Crippen molar-refractivity contribution >= 4 is 11.8 Å². The molecular formula is C13H16N4O2. The van der Waals surface area contributed by atoms with Crippen LogP contribution in [0.1, 0.15) is 34.7 Å². The summed E-state index contributed by atoms with van der Waals surface area (Å²) in [5.74, 6) is -0.496. The molecule has 0 radical (unpaired) electrons. The number of aromatic carboxylic acids is 1. The summed E-state index contributed by atoms with van der Waals surface area (Å²) in [7, 11) is 1.72. The lowest BCUT2D eigenvalue weighted by molar-refractivity contribution is 0.0697. The van der Waals surface area contributed by atoms with E-state index >= 15 is 0 Å². The molecular weight excluding hydrogens is 244 g/mol. The first kappa shape index (κ1) is 13.1. The second-order valence-electron chi connectivity index (χ2n) is 4.36. The number of carbonyl (C=O) groups is 1. The molecule has 1 unspecified atom stereocenters. The molecule has 0 amide bonds. The van der Waals surface area contributed by atoms with Crippen molar-refractivity contribution < 1.29 is 9.90 Å². The fourth-order valence-electron chi connectivity index (χ4n) is 1.99. The maximum Gasteiger partial charge on any atom is 0.341 e. The van der Waals surface area contributed by atoms with E-state index in [9.17, 15) is 9.90 Å². The van der Waals surface area contributed by atoms with Gasteiger partial charge in [0.05, 0.1) is 17.4 Å². The highest BCUT2D eigenvalue weighted by Crippen LogP contribution is 2.23. The summed E-state index contributed by atoms with van der Waals surface area (Å²) in [6.45, 7) is 3.61. The molecule has 2 rings (SSSR count). The Labute approximate surface area is 111 Å². The molecule has 1 atom stereocenters. The molecule has 0 spiro atoms. The molecule has 0 aliphatic heterocycles. The van der Waals surface area contributed by atoms with E-state index < -0.39 is 5.97 Å². The molecule has 0 aliphatic rings. The molecule has 0 saturated heterocycles. The van der Waals surface area contributed by atoms with Crippen molar-refractivity contribution in [1.29, 1.82) is 0 Å². The second kappa shape index (κ2) is 5.09. The maximum atomic E-state index is 11.3. The van der Waals surface area contributed by atoms with Gasteiger partial charge in [-0.1, -0.05) is 6.07 Å². The van der Waals surface area contributed by atoms with Gasteiger partial charge >= 0.3 is 5.97 Å². The van der Waals surface area contributed by atoms with Crippen LogP contribution < -0.4 is 5.32 Å². The minimum atomic E-state index is -0.985. The van der Waals surface area contributed by atoms with Gasteiger partial charge in [-0.2, -0.15) is 5.10 Å². The van der Waals surface area contributed by atoms with Crippen LogP contribution in [0.3, 0.4) is 0 Å². The highest BCUT2D eigenvalue weighted by molar-refractivity contribution is 5.94. The van der Waals surface area contributed by atoms with Crippen LogP contribution in [-0.4, -0.2) is 25.8 Å². The Morgan fingerprint density at radius 3 is 2.79 bits per heavy atom. The predicted molar refractivity (Wildman–Crippen MR) is 71.2 cm³/mol. The van der Waals surface area contributed by atoms with Gasteiger partial charge in [-0.05, 0) is 26.0 Å². The van der Waals surface area contributed by atoms with Crippen molar-refractivity contribution in [2.75, 3.05) is 5.32 Å². The Kier molecular flexibility index (Phi) is 3.50. The molecule has 100 valence electrons. The molecule has 0 fully saturated rings. The quantitative estimate of drug-likeness (QED) is 0.878. The summed E-state index contributed by atoms with van der Waals surface area (Å²) in [4.78, 5) is 15.5. The van der Waals surface area contributed by atoms with Crippen molar-refractivity contribution in [2.45, 2.75) is 19.9 Å². The van der Waals surface area contributed by atoms with Crippen LogP contribution in [-0.2, 0) is 7.05 Å². The summed E-state index contributed by atoms with van der Waals surface area (Å²) in [6.07, 6.45) is 1.71. The van der Waals surface area contributed by atoms with E-state index in [1.165, 1.54) is 4.68 Å². The lowest BCUT2D eigenvalue weighted by Crippen LogP contribution is -2.14. The third-order valence-electron chi connectivity index (χ3n) is 2.92. The van der Waals surface area contributed by atoms with Crippen molar-refractivity contribution in [3.63, 3.8) is 0 Å². The average Bonchev–Trinajstić information content (AvgIpc) is 2.65. The summed E-state index contributed by atoms with van der Waals surface area (Å²) in [5.41, 5.74) is 1.54. The van der Waals surface area contributed by atoms with E-state index in [1.807, 2.05) is 25.1 Å². The van der Waals surface area contributed by atoms with Crippen LogP contribution in [0.15, 0.2) is 24.4 Å². The molecule has 2 aromatic rings. The summed E-state index contributed by atoms with van der Waals surface area (Å²) in [5, 5.41) is 16.5. The topological polar surface area (TPSA) is 80.0 Å². The van der Waals surface area contributed by atoms with Crippen LogP contribution in [0.25, 0.3) is 0 Å². The Balaban J connectivity index is 2.31. The Morgan fingerprint density at radius 1 is 1.47 bits per heavy atom. The fraction of sp³-hybridized carbons (Fsp3) is 0.308. The molecule has 0 saturated carbocycles. The van der Waals surface area contributed by atoms with E-state index in [2.05, 4.69) is 15.4 Å². The van der Waals surface area contributed by atoms with Gasteiger partial charge in [-0.3, -0.25) is 9.67 Å². The Morgan fingerprint density at radius 2 is 2.21 bits per heavy atom. The summed E-state index contributed by atoms with van der Waals surface area (Å²) < 4.78 is 1.54. The standard InChI is InChI=1S/C13H16N4O2/c1-8(10-6-4-5-7-14-10)15-12-11(13(18)19)9(2)16-17(12)3/h4-8,15H,1-3H3,(H,18,19). The Bertz CT molecular complexity index is 592. The molecule has 6 heteroatoms. The second-order valence-corrected chi connectivity index (χ2v) is 4.36. The molecule has 0 aliphatic carbocycles. The first-order valence-electron chi connectivity index (χ1n) is 5.95. The van der Waals surface area contributed by atoms with E-state index in [0.29, 0.717) is 11.5 Å². The van der Waals surface area contributed by atoms with Gasteiger partial charge < -0.3 is 10.4 Å². The summed E-state index contributed by atoms with van der Waals surface area (Å²) >= 11 is 0. The van der Waals surface area contributed by atoms with Gasteiger partial charge in [0.1, 0.15) is 11.4 Å². The van der Waals surface area contributed by atoms with Crippen molar-refractivity contribution in [3.05, 3.63) is 41.3 Å². The third-order valence-corrected chi connectivity index (χ3v) is 2.92. The molecule has 0 aromatic carbocycles. The average molecular weight is 260 g/mol. The number of anilines is 1. The monoisotopic (exact) mass is 260 g/mol. The van der Waals surface area contributed by atoms with Crippen LogP contribution in [0, 0.1) is 6.92 Å². The number of pyridine rings is 1. The van der Waals surface area contributed by atoms with E-state index in [-0.39, 0.29) is 11.6 Å². The predicted octanol–water partition coefficient (Wildman–Crippen LogP) is 1.99. The highest BCUT2D eigenvalue weighted by Gasteiger charge is 2.21. The van der Waals surface area contributed by atoms with Crippen molar-refractivity contribution in [3.8, 4) is 0 Å². The SMILES string of the molecule is Cc1nn(C)c(NC(C)c2ccccn2)c1C(=O)O. The normalized spacial score (nSPS) is 12.2. The molecule has 6 nitrogen and oxygen atoms in total. The van der Waals surface area contributed by atoms with Gasteiger partial charge in [0.2, 0.25) is 0 Å². The van der Waals surface area contributed by atoms with Crippen molar-refractivity contribution in [2.24, 2.45) is 7.05 Å². The Hall–Kier alpha value is -2.37. The number of aromatic nitrogens is 3. The van der Waals surface area contributed by atoms with Gasteiger partial charge in [-0.25, -0.2) is 4.79 Å². The zero-order chi connectivity index (χ0) is 14.0. The number of hydrogen-bond donors (Lipinski definition) is 2. The molecule has 2 N–H and O–H groups in total. The number of aryl methyl sites for hydroxylation is 2. The van der Waals surface area contributed by atoms with E-state index in [1.54, 1.807) is 20.2 Å². The number of hydrogen-bond acceptors (Lipinski definition) is 4. The number of carboxylic acid groups (broad SMARTS) is 1. The third kappa shape index (κ3) is 2.57. The fourth-order valence-corrected chi connectivity index (χ4v) is 1.99. The zero-order valence-electron chi connectivity index (χ0n) is 11.1. The minimum Gasteiger partial charge on any atom is -0.477 e. The minimum absolute atomic E-state index is 0.103. The van der Waals surface area contributed by atoms with Crippen molar-refractivity contribution in [1.82, 2.24) is 14.8 Å². The van der Waals surface area contributed by atoms with Gasteiger partial charge in [0.25, 0.3) is 0 Å². The lowest BCUT2D eigenvalue weighted by Gasteiger charge is -2.15. The van der Waals surface area contributed by atoms with E-state index in [0.717, 1.165) is 5.69 Å².